The zero-order valence-electron chi connectivity index (χ0n) is 15.7. The van der Waals surface area contributed by atoms with Gasteiger partial charge in [0.15, 0.2) is 5.96 Å². The average molecular weight is 396 g/mol. The summed E-state index contributed by atoms with van der Waals surface area (Å²) < 4.78 is 49.2. The molecule has 0 aliphatic heterocycles. The Morgan fingerprint density at radius 2 is 1.86 bits per heavy atom. The third kappa shape index (κ3) is 6.33. The van der Waals surface area contributed by atoms with E-state index in [9.17, 15) is 13.2 Å². The van der Waals surface area contributed by atoms with Gasteiger partial charge in [-0.2, -0.15) is 13.2 Å². The van der Waals surface area contributed by atoms with Gasteiger partial charge in [0, 0.05) is 19.8 Å². The first-order valence-corrected chi connectivity index (χ1v) is 8.67. The Morgan fingerprint density at radius 3 is 2.57 bits per heavy atom. The van der Waals surface area contributed by atoms with Crippen LogP contribution in [-0.2, 0) is 12.6 Å². The molecule has 1 aromatic heterocycles. The fraction of sp³-hybridized carbons (Fsp3) is 0.368. The van der Waals surface area contributed by atoms with Gasteiger partial charge in [0.1, 0.15) is 17.9 Å². The second kappa shape index (κ2) is 10.4. The molecule has 28 heavy (non-hydrogen) atoms. The molecule has 0 aliphatic carbocycles. The van der Waals surface area contributed by atoms with E-state index >= 15 is 0 Å². The van der Waals surface area contributed by atoms with Crippen molar-refractivity contribution in [2.45, 2.75) is 12.6 Å². The molecule has 1 aromatic carbocycles. The van der Waals surface area contributed by atoms with E-state index in [1.54, 1.807) is 14.2 Å². The molecule has 0 saturated carbocycles. The zero-order valence-corrected chi connectivity index (χ0v) is 15.7. The molecule has 2 aromatic rings. The topological polar surface area (TPSA) is 67.8 Å². The van der Waals surface area contributed by atoms with Gasteiger partial charge in [0.2, 0.25) is 5.88 Å². The molecule has 1 heterocycles. The number of halogens is 3. The van der Waals surface area contributed by atoms with Crippen molar-refractivity contribution in [1.82, 2.24) is 15.6 Å². The molecule has 0 saturated heterocycles. The number of nitrogens with zero attached hydrogens (tertiary/aromatic N) is 2. The molecule has 152 valence electrons. The van der Waals surface area contributed by atoms with Crippen LogP contribution in [0.4, 0.5) is 13.2 Å². The number of alkyl halides is 3. The summed E-state index contributed by atoms with van der Waals surface area (Å²) in [7, 11) is 3.23. The molecule has 0 amide bonds. The fourth-order valence-electron chi connectivity index (χ4n) is 2.48. The maximum absolute atomic E-state index is 12.9. The van der Waals surface area contributed by atoms with E-state index in [2.05, 4.69) is 20.6 Å². The lowest BCUT2D eigenvalue weighted by Gasteiger charge is -2.15. The second-order valence-corrected chi connectivity index (χ2v) is 5.69. The van der Waals surface area contributed by atoms with Gasteiger partial charge in [0.05, 0.1) is 13.7 Å². The second-order valence-electron chi connectivity index (χ2n) is 5.69. The number of aliphatic imine (C=N–C) groups is 1. The normalized spacial score (nSPS) is 11.8. The van der Waals surface area contributed by atoms with E-state index in [0.29, 0.717) is 12.5 Å². The molecule has 0 spiro atoms. The van der Waals surface area contributed by atoms with E-state index < -0.39 is 17.6 Å². The number of para-hydroxylation sites is 1. The maximum Gasteiger partial charge on any atom is 0.421 e. The van der Waals surface area contributed by atoms with Crippen molar-refractivity contribution in [2.24, 2.45) is 4.99 Å². The van der Waals surface area contributed by atoms with Gasteiger partial charge in [-0.25, -0.2) is 4.98 Å². The van der Waals surface area contributed by atoms with Crippen molar-refractivity contribution < 1.29 is 22.6 Å². The summed E-state index contributed by atoms with van der Waals surface area (Å²) in [5, 5.41) is 6.12. The van der Waals surface area contributed by atoms with Crippen LogP contribution in [0.1, 0.15) is 11.1 Å². The Kier molecular flexibility index (Phi) is 7.91. The predicted octanol–water partition coefficient (Wildman–Crippen LogP) is 2.90. The predicted molar refractivity (Wildman–Crippen MR) is 101 cm³/mol. The van der Waals surface area contributed by atoms with Gasteiger partial charge < -0.3 is 20.1 Å². The van der Waals surface area contributed by atoms with Crippen molar-refractivity contribution in [2.75, 3.05) is 33.9 Å². The molecule has 0 fully saturated rings. The largest absolute Gasteiger partial charge is 0.496 e. The first kappa shape index (κ1) is 21.3. The quantitative estimate of drug-likeness (QED) is 0.408. The Hall–Kier alpha value is -2.97. The Morgan fingerprint density at radius 1 is 1.11 bits per heavy atom. The summed E-state index contributed by atoms with van der Waals surface area (Å²) in [5.41, 5.74) is 0.167. The monoisotopic (exact) mass is 396 g/mol. The number of rotatable bonds is 8. The highest BCUT2D eigenvalue weighted by molar-refractivity contribution is 5.79. The lowest BCUT2D eigenvalue weighted by Crippen LogP contribution is -2.40. The minimum absolute atomic E-state index is 0.00724. The summed E-state index contributed by atoms with van der Waals surface area (Å²) in [6.45, 7) is 0.884. The molecule has 9 heteroatoms. The van der Waals surface area contributed by atoms with Crippen molar-refractivity contribution in [3.8, 4) is 11.6 Å². The standard InChI is InChI=1S/C19H23F3N4O2/c1-23-18(25-11-9-14-6-3-4-8-16(14)27-2)26-12-13-28-17-15(19(20,21)22)7-5-10-24-17/h3-8,10H,9,11-13H2,1-2H3,(H2,23,25,26). The zero-order chi connectivity index (χ0) is 20.4. The molecule has 0 bridgehead atoms. The molecule has 0 atom stereocenters. The molecule has 0 aliphatic rings. The fourth-order valence-corrected chi connectivity index (χ4v) is 2.48. The van der Waals surface area contributed by atoms with E-state index in [1.165, 1.54) is 12.3 Å². The van der Waals surface area contributed by atoms with Crippen molar-refractivity contribution in [1.29, 1.82) is 0 Å². The van der Waals surface area contributed by atoms with Gasteiger partial charge in [-0.05, 0) is 30.2 Å². The van der Waals surface area contributed by atoms with Crippen molar-refractivity contribution in [3.05, 3.63) is 53.7 Å². The smallest absolute Gasteiger partial charge is 0.421 e. The Bertz CT molecular complexity index is 782. The lowest BCUT2D eigenvalue weighted by molar-refractivity contribution is -0.139. The van der Waals surface area contributed by atoms with Gasteiger partial charge in [0.25, 0.3) is 0 Å². The van der Waals surface area contributed by atoms with Crippen LogP contribution in [0.2, 0.25) is 0 Å². The van der Waals surface area contributed by atoms with Crippen LogP contribution in [0, 0.1) is 0 Å². The Labute approximate surface area is 161 Å². The molecule has 6 nitrogen and oxygen atoms in total. The molecule has 2 N–H and O–H groups in total. The highest BCUT2D eigenvalue weighted by atomic mass is 19.4. The van der Waals surface area contributed by atoms with E-state index in [1.807, 2.05) is 24.3 Å². The highest BCUT2D eigenvalue weighted by Gasteiger charge is 2.34. The maximum atomic E-state index is 12.9. The third-order valence-electron chi connectivity index (χ3n) is 3.81. The third-order valence-corrected chi connectivity index (χ3v) is 3.81. The summed E-state index contributed by atoms with van der Waals surface area (Å²) in [6, 6.07) is 9.88. The average Bonchev–Trinajstić information content (AvgIpc) is 2.69. The number of nitrogens with one attached hydrogen (secondary N) is 2. The summed E-state index contributed by atoms with van der Waals surface area (Å²) >= 11 is 0. The SMILES string of the molecule is CN=C(NCCOc1ncccc1C(F)(F)F)NCCc1ccccc1OC. The molecule has 0 unspecified atom stereocenters. The van der Waals surface area contributed by atoms with Crippen molar-refractivity contribution >= 4 is 5.96 Å². The van der Waals surface area contributed by atoms with Crippen LogP contribution in [0.5, 0.6) is 11.6 Å². The number of ether oxygens (including phenoxy) is 2. The number of pyridine rings is 1. The molecular weight excluding hydrogens is 373 g/mol. The number of hydrogen-bond donors (Lipinski definition) is 2. The van der Waals surface area contributed by atoms with E-state index in [4.69, 9.17) is 9.47 Å². The number of aromatic nitrogens is 1. The Balaban J connectivity index is 1.76. The van der Waals surface area contributed by atoms with Gasteiger partial charge >= 0.3 is 6.18 Å². The molecule has 0 radical (unpaired) electrons. The first-order valence-electron chi connectivity index (χ1n) is 8.67. The van der Waals surface area contributed by atoms with Crippen molar-refractivity contribution in [3.63, 3.8) is 0 Å². The van der Waals surface area contributed by atoms with Crippen LogP contribution in [0.15, 0.2) is 47.6 Å². The minimum atomic E-state index is -4.51. The van der Waals surface area contributed by atoms with E-state index in [0.717, 1.165) is 23.8 Å². The van der Waals surface area contributed by atoms with Crippen LogP contribution >= 0.6 is 0 Å². The number of hydrogen-bond acceptors (Lipinski definition) is 4. The van der Waals surface area contributed by atoms with Crippen LogP contribution < -0.4 is 20.1 Å². The lowest BCUT2D eigenvalue weighted by atomic mass is 10.1. The summed E-state index contributed by atoms with van der Waals surface area (Å²) in [6.07, 6.45) is -2.52. The number of methoxy groups -OCH3 is 1. The van der Waals surface area contributed by atoms with Gasteiger partial charge in [-0.15, -0.1) is 0 Å². The van der Waals surface area contributed by atoms with Gasteiger partial charge in [-0.1, -0.05) is 18.2 Å². The molecular formula is C19H23F3N4O2. The highest BCUT2D eigenvalue weighted by Crippen LogP contribution is 2.34. The summed E-state index contributed by atoms with van der Waals surface area (Å²) in [5.74, 6) is 0.906. The first-order chi connectivity index (χ1) is 13.5. The van der Waals surface area contributed by atoms with Crippen LogP contribution in [0.3, 0.4) is 0 Å². The number of guanidine groups is 1. The number of benzene rings is 1. The minimum Gasteiger partial charge on any atom is -0.496 e. The van der Waals surface area contributed by atoms with Gasteiger partial charge in [-0.3, -0.25) is 4.99 Å². The van der Waals surface area contributed by atoms with Crippen LogP contribution in [0.25, 0.3) is 0 Å². The van der Waals surface area contributed by atoms with Crippen LogP contribution in [-0.4, -0.2) is 44.8 Å². The molecule has 2 rings (SSSR count). The summed E-state index contributed by atoms with van der Waals surface area (Å²) in [4.78, 5) is 7.73. The van der Waals surface area contributed by atoms with E-state index in [-0.39, 0.29) is 13.2 Å².